The van der Waals surface area contributed by atoms with Gasteiger partial charge in [0.25, 0.3) is 0 Å². The summed E-state index contributed by atoms with van der Waals surface area (Å²) in [5, 5.41) is 61.1. The number of phenols is 3. The lowest BCUT2D eigenvalue weighted by Gasteiger charge is -2.38. The molecule has 1 aromatic heterocycles. The summed E-state index contributed by atoms with van der Waals surface area (Å²) in [6.45, 7) is 5.20. The van der Waals surface area contributed by atoms with Gasteiger partial charge >= 0.3 is 0 Å². The molecule has 1 fully saturated rings. The highest BCUT2D eigenvalue weighted by atomic mass is 16.7. The Morgan fingerprint density at radius 3 is 2.31 bits per heavy atom. The van der Waals surface area contributed by atoms with Gasteiger partial charge in [-0.15, -0.1) is 0 Å². The third kappa shape index (κ3) is 4.63. The fraction of sp³-hybridized carbons (Fsp3) is 0.346. The Kier molecular flexibility index (Phi) is 6.96. The van der Waals surface area contributed by atoms with Crippen molar-refractivity contribution in [2.75, 3.05) is 0 Å². The topological polar surface area (TPSA) is 170 Å². The maximum Gasteiger partial charge on any atom is 0.239 e. The van der Waals surface area contributed by atoms with Gasteiger partial charge in [0.15, 0.2) is 5.76 Å². The highest BCUT2D eigenvalue weighted by Crippen LogP contribution is 2.40. The van der Waals surface area contributed by atoms with Gasteiger partial charge in [-0.3, -0.25) is 4.79 Å². The summed E-state index contributed by atoms with van der Waals surface area (Å²) in [5.74, 6) is -1.43. The first-order valence-electron chi connectivity index (χ1n) is 11.3. The molecule has 4 rings (SSSR count). The number of aromatic hydroxyl groups is 3. The van der Waals surface area contributed by atoms with Gasteiger partial charge in [-0.25, -0.2) is 0 Å². The molecule has 192 valence electrons. The molecule has 10 nitrogen and oxygen atoms in total. The average Bonchev–Trinajstić information content (AvgIpc) is 2.82. The Labute approximate surface area is 205 Å². The van der Waals surface area contributed by atoms with E-state index < -0.39 is 47.6 Å². The molecule has 0 spiro atoms. The van der Waals surface area contributed by atoms with Gasteiger partial charge in [-0.05, 0) is 51.5 Å². The summed E-state index contributed by atoms with van der Waals surface area (Å²) in [6, 6.07) is 6.68. The minimum atomic E-state index is -1.71. The number of hydrogen-bond acceptors (Lipinski definition) is 10. The zero-order chi connectivity index (χ0) is 26.3. The van der Waals surface area contributed by atoms with Crippen molar-refractivity contribution in [1.82, 2.24) is 0 Å². The molecule has 5 atom stereocenters. The van der Waals surface area contributed by atoms with Crippen molar-refractivity contribution in [3.63, 3.8) is 0 Å². The van der Waals surface area contributed by atoms with Crippen molar-refractivity contribution in [1.29, 1.82) is 0 Å². The number of aliphatic hydroxyl groups excluding tert-OH is 3. The Balaban J connectivity index is 1.97. The van der Waals surface area contributed by atoms with E-state index in [1.165, 1.54) is 31.2 Å². The van der Waals surface area contributed by atoms with Gasteiger partial charge < -0.3 is 44.5 Å². The average molecular weight is 501 g/mol. The summed E-state index contributed by atoms with van der Waals surface area (Å²) < 4.78 is 17.3. The van der Waals surface area contributed by atoms with Gasteiger partial charge in [0.1, 0.15) is 46.5 Å². The lowest BCUT2D eigenvalue weighted by atomic mass is 10.00. The number of ether oxygens (including phenoxy) is 2. The highest BCUT2D eigenvalue weighted by molar-refractivity contribution is 5.91. The third-order valence-corrected chi connectivity index (χ3v) is 6.07. The first-order valence-corrected chi connectivity index (χ1v) is 11.3. The van der Waals surface area contributed by atoms with E-state index in [4.69, 9.17) is 13.9 Å². The highest BCUT2D eigenvalue weighted by Gasteiger charge is 2.44. The van der Waals surface area contributed by atoms with Crippen molar-refractivity contribution >= 4 is 11.0 Å². The largest absolute Gasteiger partial charge is 0.508 e. The van der Waals surface area contributed by atoms with Crippen LogP contribution in [0.2, 0.25) is 0 Å². The summed E-state index contributed by atoms with van der Waals surface area (Å²) in [6.07, 6.45) is -5.16. The molecule has 3 aromatic rings. The van der Waals surface area contributed by atoms with Gasteiger partial charge in [0.2, 0.25) is 17.5 Å². The van der Waals surface area contributed by atoms with E-state index in [0.29, 0.717) is 5.56 Å². The smallest absolute Gasteiger partial charge is 0.239 e. The number of aliphatic hydroxyl groups is 3. The Morgan fingerprint density at radius 2 is 1.67 bits per heavy atom. The monoisotopic (exact) mass is 500 g/mol. The van der Waals surface area contributed by atoms with Crippen molar-refractivity contribution in [3.05, 3.63) is 57.8 Å². The molecule has 2 heterocycles. The lowest BCUT2D eigenvalue weighted by molar-refractivity contribution is -0.268. The van der Waals surface area contributed by atoms with E-state index in [1.807, 2.05) is 19.9 Å². The second kappa shape index (κ2) is 9.82. The molecule has 6 N–H and O–H groups in total. The number of phenolic OH excluding ortho intramolecular Hbond substituents is 3. The molecule has 2 aromatic carbocycles. The Bertz CT molecular complexity index is 1350. The lowest BCUT2D eigenvalue weighted by Crippen LogP contribution is -2.58. The molecule has 0 amide bonds. The zero-order valence-corrected chi connectivity index (χ0v) is 19.9. The van der Waals surface area contributed by atoms with Crippen LogP contribution in [0.5, 0.6) is 23.0 Å². The molecule has 1 aliphatic heterocycles. The van der Waals surface area contributed by atoms with E-state index >= 15 is 0 Å². The summed E-state index contributed by atoms with van der Waals surface area (Å²) in [5.41, 5.74) is 0.624. The number of benzene rings is 2. The molecular formula is C26H28O10. The number of hydrogen-bond donors (Lipinski definition) is 6. The van der Waals surface area contributed by atoms with E-state index in [2.05, 4.69) is 0 Å². The van der Waals surface area contributed by atoms with Crippen LogP contribution >= 0.6 is 0 Å². The van der Waals surface area contributed by atoms with Crippen LogP contribution in [0.4, 0.5) is 0 Å². The van der Waals surface area contributed by atoms with Crippen molar-refractivity contribution in [2.24, 2.45) is 0 Å². The molecule has 0 radical (unpaired) electrons. The number of rotatable bonds is 5. The van der Waals surface area contributed by atoms with Gasteiger partial charge in [-0.1, -0.05) is 11.6 Å². The van der Waals surface area contributed by atoms with Crippen LogP contribution in [0.1, 0.15) is 26.3 Å². The molecule has 0 unspecified atom stereocenters. The van der Waals surface area contributed by atoms with Crippen LogP contribution in [-0.2, 0) is 11.2 Å². The first kappa shape index (κ1) is 25.5. The van der Waals surface area contributed by atoms with Gasteiger partial charge in [0, 0.05) is 17.2 Å². The van der Waals surface area contributed by atoms with Gasteiger partial charge in [0.05, 0.1) is 6.10 Å². The molecule has 1 saturated heterocycles. The minimum Gasteiger partial charge on any atom is -0.508 e. The second-order valence-electron chi connectivity index (χ2n) is 9.02. The first-order chi connectivity index (χ1) is 17.0. The normalized spacial score (nSPS) is 24.0. The van der Waals surface area contributed by atoms with E-state index in [-0.39, 0.29) is 40.2 Å². The maximum atomic E-state index is 13.7. The fourth-order valence-electron chi connectivity index (χ4n) is 4.01. The van der Waals surface area contributed by atoms with Crippen molar-refractivity contribution in [3.8, 4) is 34.3 Å². The van der Waals surface area contributed by atoms with Crippen molar-refractivity contribution < 1.29 is 44.5 Å². The number of fused-ring (bicyclic) bond motifs is 1. The van der Waals surface area contributed by atoms with Crippen molar-refractivity contribution in [2.45, 2.75) is 57.9 Å². The maximum absolute atomic E-state index is 13.7. The van der Waals surface area contributed by atoms with Crippen LogP contribution in [0.3, 0.4) is 0 Å². The van der Waals surface area contributed by atoms with E-state index in [0.717, 1.165) is 11.6 Å². The molecule has 36 heavy (non-hydrogen) atoms. The Hall–Kier alpha value is -3.57. The zero-order valence-electron chi connectivity index (χ0n) is 19.9. The number of allylic oxidation sites excluding steroid dienone is 2. The van der Waals surface area contributed by atoms with Crippen LogP contribution < -0.4 is 10.2 Å². The summed E-state index contributed by atoms with van der Waals surface area (Å²) in [7, 11) is 0. The van der Waals surface area contributed by atoms with Crippen LogP contribution in [0, 0.1) is 0 Å². The third-order valence-electron chi connectivity index (χ3n) is 6.07. The predicted molar refractivity (Wildman–Crippen MR) is 129 cm³/mol. The molecule has 1 aliphatic rings. The Morgan fingerprint density at radius 1 is 1.00 bits per heavy atom. The summed E-state index contributed by atoms with van der Waals surface area (Å²) in [4.78, 5) is 13.7. The van der Waals surface area contributed by atoms with E-state index in [1.54, 1.807) is 0 Å². The standard InChI is InChI=1S/C26H28O10/c1-11(2)4-9-15-16(28)10-17(29)18-20(31)25(36-26-22(33)21(32)19(30)12(3)34-26)23(35-24(15)18)13-5-7-14(27)8-6-13/h4-8,10,12,19,21-22,26-30,32-33H,9H2,1-3H3/t12-,19+,21-,22-,26+/m0/s1. The molecule has 0 bridgehead atoms. The molecule has 10 heteroatoms. The molecular weight excluding hydrogens is 472 g/mol. The molecule has 0 aliphatic carbocycles. The van der Waals surface area contributed by atoms with Crippen LogP contribution in [0.25, 0.3) is 22.3 Å². The van der Waals surface area contributed by atoms with E-state index in [9.17, 15) is 35.4 Å². The van der Waals surface area contributed by atoms with Crippen LogP contribution in [0.15, 0.2) is 51.2 Å². The van der Waals surface area contributed by atoms with Gasteiger partial charge in [-0.2, -0.15) is 0 Å². The second-order valence-corrected chi connectivity index (χ2v) is 9.02. The fourth-order valence-corrected chi connectivity index (χ4v) is 4.01. The predicted octanol–water partition coefficient (Wildman–Crippen LogP) is 2.29. The van der Waals surface area contributed by atoms with Crippen LogP contribution in [-0.4, -0.2) is 61.3 Å². The molecule has 0 saturated carbocycles. The SMILES string of the molecule is CC(C)=CCc1c(O)cc(O)c2c(=O)c(O[C@H]3O[C@@H](C)[C@@H](O)[C@H](O)[C@@H]3O)c(-c3ccc(O)cc3)oc12. The quantitative estimate of drug-likeness (QED) is 0.286. The minimum absolute atomic E-state index is 0.0409. The summed E-state index contributed by atoms with van der Waals surface area (Å²) >= 11 is 0.